The van der Waals surface area contributed by atoms with Crippen LogP contribution in [0.1, 0.15) is 53.2 Å². The fraction of sp³-hybridized carbons (Fsp3) is 0.417. The minimum Gasteiger partial charge on any atom is -0.496 e. The Labute approximate surface area is 192 Å². The van der Waals surface area contributed by atoms with Crippen molar-refractivity contribution in [3.63, 3.8) is 0 Å². The molecule has 176 valence electrons. The van der Waals surface area contributed by atoms with Crippen molar-refractivity contribution in [2.45, 2.75) is 44.2 Å². The van der Waals surface area contributed by atoms with Gasteiger partial charge in [0.15, 0.2) is 0 Å². The predicted octanol–water partition coefficient (Wildman–Crippen LogP) is 5.06. The minimum absolute atomic E-state index is 0.0501. The van der Waals surface area contributed by atoms with E-state index in [1.807, 2.05) is 0 Å². The number of anilines is 2. The van der Waals surface area contributed by atoms with E-state index in [-0.39, 0.29) is 12.5 Å². The maximum absolute atomic E-state index is 12.3. The van der Waals surface area contributed by atoms with Crippen LogP contribution in [0.5, 0.6) is 5.75 Å². The molecule has 1 aliphatic carbocycles. The second-order valence-electron chi connectivity index (χ2n) is 7.83. The first kappa shape index (κ1) is 24.0. The Kier molecular flexibility index (Phi) is 8.23. The zero-order valence-electron chi connectivity index (χ0n) is 19.1. The Morgan fingerprint density at radius 2 is 1.88 bits per heavy atom. The largest absolute Gasteiger partial charge is 0.496 e. The van der Waals surface area contributed by atoms with Gasteiger partial charge in [0.05, 0.1) is 19.8 Å². The van der Waals surface area contributed by atoms with E-state index >= 15 is 0 Å². The van der Waals surface area contributed by atoms with Crippen LogP contribution in [0.15, 0.2) is 41.6 Å². The number of carbonyl (C=O) groups excluding carboxylic acids is 2. The van der Waals surface area contributed by atoms with E-state index in [4.69, 9.17) is 14.2 Å². The summed E-state index contributed by atoms with van der Waals surface area (Å²) in [5, 5.41) is 9.14. The number of carbonyl (C=O) groups is 2. The van der Waals surface area contributed by atoms with Gasteiger partial charge in [-0.25, -0.2) is 9.59 Å². The van der Waals surface area contributed by atoms with Gasteiger partial charge in [-0.05, 0) is 61.6 Å². The second kappa shape index (κ2) is 11.3. The quantitative estimate of drug-likeness (QED) is 0.401. The highest BCUT2D eigenvalue weighted by atomic mass is 16.6. The molecule has 0 bridgehead atoms. The van der Waals surface area contributed by atoms with Crippen LogP contribution < -0.4 is 15.4 Å². The molecule has 2 aromatic carbocycles. The number of rotatable bonds is 9. The fourth-order valence-corrected chi connectivity index (χ4v) is 4.02. The van der Waals surface area contributed by atoms with Gasteiger partial charge >= 0.3 is 12.1 Å². The first-order valence-corrected chi connectivity index (χ1v) is 10.9. The Morgan fingerprint density at radius 3 is 2.52 bits per heavy atom. The van der Waals surface area contributed by atoms with Crippen LogP contribution in [0.4, 0.5) is 16.2 Å². The molecule has 1 saturated carbocycles. The Balaban J connectivity index is 1.82. The molecule has 9 heteroatoms. The third kappa shape index (κ3) is 6.00. The lowest BCUT2D eigenvalue weighted by Crippen LogP contribution is -2.20. The van der Waals surface area contributed by atoms with Crippen LogP contribution >= 0.6 is 0 Å². The third-order valence-electron chi connectivity index (χ3n) is 5.75. The van der Waals surface area contributed by atoms with Crippen LogP contribution in [-0.4, -0.2) is 39.4 Å². The molecule has 1 unspecified atom stereocenters. The van der Waals surface area contributed by atoms with Gasteiger partial charge < -0.3 is 19.5 Å². The summed E-state index contributed by atoms with van der Waals surface area (Å²) < 4.78 is 15.6. The van der Waals surface area contributed by atoms with Crippen molar-refractivity contribution in [1.29, 1.82) is 0 Å². The van der Waals surface area contributed by atoms with Crippen molar-refractivity contribution in [3.05, 3.63) is 58.0 Å². The van der Waals surface area contributed by atoms with Crippen LogP contribution in [0.2, 0.25) is 0 Å². The van der Waals surface area contributed by atoms with Crippen molar-refractivity contribution < 1.29 is 23.8 Å². The monoisotopic (exact) mass is 455 g/mol. The molecule has 1 amide bonds. The van der Waals surface area contributed by atoms with Crippen LogP contribution in [0.25, 0.3) is 0 Å². The van der Waals surface area contributed by atoms with E-state index in [0.29, 0.717) is 33.8 Å². The zero-order chi connectivity index (χ0) is 23.8. The molecule has 0 heterocycles. The first-order valence-electron chi connectivity index (χ1n) is 10.9. The van der Waals surface area contributed by atoms with Gasteiger partial charge in [0.1, 0.15) is 17.9 Å². The number of amides is 1. The van der Waals surface area contributed by atoms with E-state index in [0.717, 1.165) is 25.7 Å². The molecular formula is C24H29N3O6. The number of hydrogen-bond acceptors (Lipinski definition) is 8. The second-order valence-corrected chi connectivity index (χ2v) is 7.83. The molecule has 3 rings (SSSR count). The normalized spacial score (nSPS) is 14.3. The first-order chi connectivity index (χ1) is 16.0. The van der Waals surface area contributed by atoms with Gasteiger partial charge in [-0.1, -0.05) is 11.2 Å². The summed E-state index contributed by atoms with van der Waals surface area (Å²) in [6.45, 7) is 0. The summed E-state index contributed by atoms with van der Waals surface area (Å²) in [7, 11) is 4.54. The summed E-state index contributed by atoms with van der Waals surface area (Å²) in [5.74, 6) is -0.0300. The van der Waals surface area contributed by atoms with Crippen molar-refractivity contribution >= 4 is 23.4 Å². The van der Waals surface area contributed by atoms with Gasteiger partial charge in [0, 0.05) is 30.4 Å². The average Bonchev–Trinajstić information content (AvgIpc) is 3.34. The van der Waals surface area contributed by atoms with E-state index < -0.39 is 18.1 Å². The molecule has 0 spiro atoms. The number of hydrogen-bond donors (Lipinski definition) is 2. The lowest BCUT2D eigenvalue weighted by molar-refractivity contribution is 0.0600. The van der Waals surface area contributed by atoms with E-state index in [1.54, 1.807) is 43.4 Å². The van der Waals surface area contributed by atoms with Gasteiger partial charge in [0.25, 0.3) is 0 Å². The maximum Gasteiger partial charge on any atom is 0.411 e. The molecule has 0 saturated heterocycles. The molecular weight excluding hydrogens is 426 g/mol. The summed E-state index contributed by atoms with van der Waals surface area (Å²) in [6.07, 6.45) is 3.56. The molecule has 2 aromatic rings. The van der Waals surface area contributed by atoms with E-state index in [2.05, 4.69) is 15.8 Å². The highest BCUT2D eigenvalue weighted by molar-refractivity contribution is 5.90. The molecule has 0 aromatic heterocycles. The minimum atomic E-state index is -0.766. The lowest BCUT2D eigenvalue weighted by atomic mass is 9.96. The number of nitrogens with zero attached hydrogens (tertiary/aromatic N) is 1. The van der Waals surface area contributed by atoms with Crippen LogP contribution in [-0.2, 0) is 15.9 Å². The number of benzene rings is 2. The van der Waals surface area contributed by atoms with Crippen LogP contribution in [0, 0.1) is 4.91 Å². The van der Waals surface area contributed by atoms with Crippen molar-refractivity contribution in [2.75, 3.05) is 31.9 Å². The topological polar surface area (TPSA) is 115 Å². The highest BCUT2D eigenvalue weighted by Crippen LogP contribution is 2.34. The molecule has 0 aliphatic heterocycles. The zero-order valence-corrected chi connectivity index (χ0v) is 19.1. The molecule has 2 N–H and O–H groups in total. The molecule has 1 atom stereocenters. The molecule has 1 fully saturated rings. The van der Waals surface area contributed by atoms with Gasteiger partial charge in [-0.15, -0.1) is 0 Å². The van der Waals surface area contributed by atoms with Crippen molar-refractivity contribution in [1.82, 2.24) is 0 Å². The van der Waals surface area contributed by atoms with E-state index in [1.165, 1.54) is 14.2 Å². The Morgan fingerprint density at radius 1 is 1.12 bits per heavy atom. The number of methoxy groups -OCH3 is 2. The van der Waals surface area contributed by atoms with Gasteiger partial charge in [-0.3, -0.25) is 5.32 Å². The number of nitroso groups, excluding NO2 is 1. The SMILES string of the molecule is CNc1ccc(NC(=O)OC2CCCC2)cc1C(Cc1ccc(C(=O)OC)cc1OC)N=O. The maximum atomic E-state index is 12.3. The Bertz CT molecular complexity index is 1000. The lowest BCUT2D eigenvalue weighted by Gasteiger charge is -2.18. The molecule has 1 aliphatic rings. The average molecular weight is 456 g/mol. The number of esters is 1. The summed E-state index contributed by atoms with van der Waals surface area (Å²) in [6, 6.07) is 9.35. The van der Waals surface area contributed by atoms with Crippen molar-refractivity contribution in [3.8, 4) is 5.75 Å². The molecule has 9 nitrogen and oxygen atoms in total. The summed E-state index contributed by atoms with van der Waals surface area (Å²) >= 11 is 0. The standard InChI is InChI=1S/C24H29N3O6/c1-25-20-11-10-17(26-24(29)33-18-6-4-5-7-18)14-19(20)21(27-30)12-15-8-9-16(23(28)32-3)13-22(15)31-2/h8-11,13-14,18,21,25H,4-7,12H2,1-3H3,(H,26,29). The molecule has 0 radical (unpaired) electrons. The smallest absolute Gasteiger partial charge is 0.411 e. The van der Waals surface area contributed by atoms with Gasteiger partial charge in [-0.2, -0.15) is 4.91 Å². The summed E-state index contributed by atoms with van der Waals surface area (Å²) in [5.41, 5.74) is 2.88. The highest BCUT2D eigenvalue weighted by Gasteiger charge is 2.22. The number of nitrogens with one attached hydrogen (secondary N) is 2. The van der Waals surface area contributed by atoms with Gasteiger partial charge in [0.2, 0.25) is 0 Å². The summed E-state index contributed by atoms with van der Waals surface area (Å²) in [4.78, 5) is 35.9. The van der Waals surface area contributed by atoms with Crippen molar-refractivity contribution in [2.24, 2.45) is 5.18 Å². The number of ether oxygens (including phenoxy) is 3. The Hall–Kier alpha value is -3.62. The van der Waals surface area contributed by atoms with Crippen LogP contribution in [0.3, 0.4) is 0 Å². The third-order valence-corrected chi connectivity index (χ3v) is 5.75. The fourth-order valence-electron chi connectivity index (χ4n) is 4.02. The predicted molar refractivity (Wildman–Crippen MR) is 125 cm³/mol. The molecule has 33 heavy (non-hydrogen) atoms. The van der Waals surface area contributed by atoms with E-state index in [9.17, 15) is 14.5 Å².